The van der Waals surface area contributed by atoms with E-state index in [4.69, 9.17) is 9.84 Å². The van der Waals surface area contributed by atoms with Crippen LogP contribution in [0.1, 0.15) is 6.42 Å². The molecule has 0 aromatic heterocycles. The normalized spacial score (nSPS) is 21.2. The average Bonchev–Trinajstić information content (AvgIpc) is 3.11. The fourth-order valence-corrected chi connectivity index (χ4v) is 1.73. The van der Waals surface area contributed by atoms with E-state index in [2.05, 4.69) is 5.32 Å². The predicted octanol–water partition coefficient (Wildman–Crippen LogP) is 1.49. The van der Waals surface area contributed by atoms with Crippen LogP contribution < -0.4 is 10.1 Å². The molecule has 1 aromatic rings. The first-order valence-corrected chi connectivity index (χ1v) is 5.40. The average molecular weight is 253 g/mol. The van der Waals surface area contributed by atoms with Gasteiger partial charge in [0.05, 0.1) is 18.9 Å². The lowest BCUT2D eigenvalue weighted by atomic mass is 10.2. The van der Waals surface area contributed by atoms with Crippen molar-refractivity contribution in [2.75, 3.05) is 12.4 Å². The van der Waals surface area contributed by atoms with Crippen molar-refractivity contribution >= 4 is 17.6 Å². The number of amides is 1. The van der Waals surface area contributed by atoms with Gasteiger partial charge in [0.1, 0.15) is 0 Å². The Morgan fingerprint density at radius 2 is 2.17 bits per heavy atom. The van der Waals surface area contributed by atoms with Crippen LogP contribution >= 0.6 is 0 Å². The molecule has 0 aliphatic heterocycles. The number of carbonyl (C=O) groups is 2. The molecule has 0 heterocycles. The van der Waals surface area contributed by atoms with Gasteiger partial charge in [-0.2, -0.15) is 0 Å². The third-order valence-electron chi connectivity index (χ3n) is 2.86. The summed E-state index contributed by atoms with van der Waals surface area (Å²) in [5.41, 5.74) is 0.384. The summed E-state index contributed by atoms with van der Waals surface area (Å²) in [6.07, 6.45) is 0.347. The van der Waals surface area contributed by atoms with Crippen LogP contribution in [0, 0.1) is 17.7 Å². The zero-order chi connectivity index (χ0) is 13.3. The minimum absolute atomic E-state index is 0.0263. The Labute approximate surface area is 103 Å². The fraction of sp³-hybridized carbons (Fsp3) is 0.333. The SMILES string of the molecule is COc1cc(NC(=O)C2CC2C(=O)O)ccc1F. The number of rotatable bonds is 4. The minimum Gasteiger partial charge on any atom is -0.494 e. The molecule has 1 saturated carbocycles. The Bertz CT molecular complexity index is 503. The zero-order valence-corrected chi connectivity index (χ0v) is 9.64. The van der Waals surface area contributed by atoms with Crippen molar-refractivity contribution in [1.29, 1.82) is 0 Å². The molecule has 1 fully saturated rings. The highest BCUT2D eigenvalue weighted by atomic mass is 19.1. The van der Waals surface area contributed by atoms with Crippen LogP contribution in [0.15, 0.2) is 18.2 Å². The number of halogens is 1. The molecule has 0 saturated heterocycles. The van der Waals surface area contributed by atoms with Gasteiger partial charge in [0.15, 0.2) is 11.6 Å². The van der Waals surface area contributed by atoms with E-state index in [1.54, 1.807) is 0 Å². The molecule has 2 atom stereocenters. The number of ether oxygens (including phenoxy) is 1. The van der Waals surface area contributed by atoms with E-state index in [9.17, 15) is 14.0 Å². The summed E-state index contributed by atoms with van der Waals surface area (Å²) in [6, 6.07) is 3.93. The number of carboxylic acid groups (broad SMARTS) is 1. The molecule has 5 nitrogen and oxygen atoms in total. The third kappa shape index (κ3) is 2.42. The Hall–Kier alpha value is -2.11. The molecule has 1 amide bonds. The van der Waals surface area contributed by atoms with E-state index >= 15 is 0 Å². The Balaban J connectivity index is 2.02. The van der Waals surface area contributed by atoms with Gasteiger partial charge < -0.3 is 15.2 Å². The molecular weight excluding hydrogens is 241 g/mol. The summed E-state index contributed by atoms with van der Waals surface area (Å²) < 4.78 is 17.9. The maximum atomic E-state index is 13.1. The monoisotopic (exact) mass is 253 g/mol. The second-order valence-corrected chi connectivity index (χ2v) is 4.13. The van der Waals surface area contributed by atoms with Crippen molar-refractivity contribution in [3.05, 3.63) is 24.0 Å². The highest BCUT2D eigenvalue weighted by Gasteiger charge is 2.48. The summed E-state index contributed by atoms with van der Waals surface area (Å²) in [5.74, 6) is -2.93. The van der Waals surface area contributed by atoms with Gasteiger partial charge in [0, 0.05) is 11.8 Å². The van der Waals surface area contributed by atoms with E-state index in [0.717, 1.165) is 0 Å². The lowest BCUT2D eigenvalue weighted by molar-refractivity contribution is -0.139. The Morgan fingerprint density at radius 3 is 2.72 bits per heavy atom. The molecule has 1 aromatic carbocycles. The van der Waals surface area contributed by atoms with Crippen LogP contribution in [0.3, 0.4) is 0 Å². The number of carboxylic acids is 1. The molecule has 1 aliphatic carbocycles. The summed E-state index contributed by atoms with van der Waals surface area (Å²) in [6.45, 7) is 0. The zero-order valence-electron chi connectivity index (χ0n) is 9.64. The summed E-state index contributed by atoms with van der Waals surface area (Å²) in [7, 11) is 1.32. The number of anilines is 1. The molecule has 96 valence electrons. The molecule has 0 bridgehead atoms. The van der Waals surface area contributed by atoms with Crippen LogP contribution in [-0.4, -0.2) is 24.1 Å². The lowest BCUT2D eigenvalue weighted by Crippen LogP contribution is -2.16. The number of aliphatic carboxylic acids is 1. The molecule has 1 aliphatic rings. The van der Waals surface area contributed by atoms with Crippen LogP contribution in [0.5, 0.6) is 5.75 Å². The second kappa shape index (κ2) is 4.64. The molecule has 18 heavy (non-hydrogen) atoms. The van der Waals surface area contributed by atoms with Crippen molar-refractivity contribution in [3.8, 4) is 5.75 Å². The van der Waals surface area contributed by atoms with Gasteiger partial charge in [-0.3, -0.25) is 9.59 Å². The Morgan fingerprint density at radius 1 is 1.44 bits per heavy atom. The van der Waals surface area contributed by atoms with E-state index in [0.29, 0.717) is 12.1 Å². The first kappa shape index (κ1) is 12.3. The fourth-order valence-electron chi connectivity index (χ4n) is 1.73. The Kier molecular flexibility index (Phi) is 3.18. The number of carbonyl (C=O) groups excluding carboxylic acids is 1. The van der Waals surface area contributed by atoms with E-state index in [1.165, 1.54) is 25.3 Å². The van der Waals surface area contributed by atoms with E-state index in [1.807, 2.05) is 0 Å². The summed E-state index contributed by atoms with van der Waals surface area (Å²) >= 11 is 0. The maximum Gasteiger partial charge on any atom is 0.307 e. The van der Waals surface area contributed by atoms with Gasteiger partial charge in [-0.15, -0.1) is 0 Å². The summed E-state index contributed by atoms with van der Waals surface area (Å²) in [5, 5.41) is 11.2. The molecule has 6 heteroatoms. The van der Waals surface area contributed by atoms with Gasteiger partial charge in [0.25, 0.3) is 0 Å². The van der Waals surface area contributed by atoms with Crippen molar-refractivity contribution in [3.63, 3.8) is 0 Å². The topological polar surface area (TPSA) is 75.6 Å². The first-order chi connectivity index (χ1) is 8.52. The highest BCUT2D eigenvalue weighted by molar-refractivity contribution is 5.98. The van der Waals surface area contributed by atoms with E-state index in [-0.39, 0.29) is 11.7 Å². The highest BCUT2D eigenvalue weighted by Crippen LogP contribution is 2.39. The predicted molar refractivity (Wildman–Crippen MR) is 60.8 cm³/mol. The van der Waals surface area contributed by atoms with Crippen LogP contribution in [-0.2, 0) is 9.59 Å². The quantitative estimate of drug-likeness (QED) is 0.852. The van der Waals surface area contributed by atoms with Crippen molar-refractivity contribution < 1.29 is 23.8 Å². The van der Waals surface area contributed by atoms with Crippen molar-refractivity contribution in [1.82, 2.24) is 0 Å². The largest absolute Gasteiger partial charge is 0.494 e. The lowest BCUT2D eigenvalue weighted by Gasteiger charge is -2.07. The number of hydrogen-bond donors (Lipinski definition) is 2. The molecule has 0 radical (unpaired) electrons. The van der Waals surface area contributed by atoms with Crippen molar-refractivity contribution in [2.24, 2.45) is 11.8 Å². The first-order valence-electron chi connectivity index (χ1n) is 5.40. The van der Waals surface area contributed by atoms with Gasteiger partial charge >= 0.3 is 5.97 Å². The number of hydrogen-bond acceptors (Lipinski definition) is 3. The van der Waals surface area contributed by atoms with Crippen LogP contribution in [0.2, 0.25) is 0 Å². The smallest absolute Gasteiger partial charge is 0.307 e. The van der Waals surface area contributed by atoms with Crippen LogP contribution in [0.25, 0.3) is 0 Å². The molecule has 2 unspecified atom stereocenters. The molecular formula is C12H12FNO4. The number of benzene rings is 1. The molecule has 2 rings (SSSR count). The standard InChI is InChI=1S/C12H12FNO4/c1-18-10-4-6(2-3-9(10)13)14-11(15)7-5-8(7)12(16)17/h2-4,7-8H,5H2,1H3,(H,14,15)(H,16,17). The van der Waals surface area contributed by atoms with Gasteiger partial charge in [-0.05, 0) is 18.6 Å². The molecule has 2 N–H and O–H groups in total. The maximum absolute atomic E-state index is 13.1. The van der Waals surface area contributed by atoms with Crippen LogP contribution in [0.4, 0.5) is 10.1 Å². The second-order valence-electron chi connectivity index (χ2n) is 4.13. The molecule has 0 spiro atoms. The minimum atomic E-state index is -0.966. The van der Waals surface area contributed by atoms with Gasteiger partial charge in [-0.1, -0.05) is 0 Å². The number of methoxy groups -OCH3 is 1. The van der Waals surface area contributed by atoms with E-state index < -0.39 is 23.6 Å². The third-order valence-corrected chi connectivity index (χ3v) is 2.86. The van der Waals surface area contributed by atoms with Crippen molar-refractivity contribution in [2.45, 2.75) is 6.42 Å². The van der Waals surface area contributed by atoms with Gasteiger partial charge in [-0.25, -0.2) is 4.39 Å². The van der Waals surface area contributed by atoms with Gasteiger partial charge in [0.2, 0.25) is 5.91 Å². The number of nitrogens with one attached hydrogen (secondary N) is 1. The summed E-state index contributed by atoms with van der Waals surface area (Å²) in [4.78, 5) is 22.3.